The number of amides is 1. The highest BCUT2D eigenvalue weighted by Gasteiger charge is 2.16. The number of carbonyl (C=O) groups excluding carboxylic acids is 1. The molecule has 2 rings (SSSR count). The minimum Gasteiger partial charge on any atom is -0.490 e. The lowest BCUT2D eigenvalue weighted by Gasteiger charge is -2.15. The molecule has 0 radical (unpaired) electrons. The lowest BCUT2D eigenvalue weighted by molar-refractivity contribution is -0.384. The molecule has 0 saturated heterocycles. The number of carbonyl (C=O) groups is 1. The summed E-state index contributed by atoms with van der Waals surface area (Å²) in [7, 11) is 0. The first-order valence-corrected chi connectivity index (χ1v) is 8.79. The fourth-order valence-electron chi connectivity index (χ4n) is 2.07. The fourth-order valence-corrected chi connectivity index (χ4v) is 2.64. The average Bonchev–Trinajstić information content (AvgIpc) is 2.56. The summed E-state index contributed by atoms with van der Waals surface area (Å²) in [5.41, 5.74) is 0.636. The van der Waals surface area contributed by atoms with Crippen LogP contribution in [0.5, 0.6) is 5.75 Å². The first-order chi connectivity index (χ1) is 12.3. The molecule has 0 heterocycles. The highest BCUT2D eigenvalue weighted by atomic mass is 79.9. The average molecular weight is 438 g/mol. The largest absolute Gasteiger partial charge is 0.490 e. The van der Waals surface area contributed by atoms with Crippen LogP contribution in [0.1, 0.15) is 24.2 Å². The molecule has 7 nitrogen and oxygen atoms in total. The number of nitrogens with zero attached hydrogens (tertiary/aromatic N) is 1. The van der Waals surface area contributed by atoms with Crippen molar-refractivity contribution >= 4 is 50.5 Å². The molecule has 9 heteroatoms. The number of benzene rings is 2. The molecule has 0 atom stereocenters. The van der Waals surface area contributed by atoms with Crippen molar-refractivity contribution in [3.63, 3.8) is 0 Å². The third-order valence-electron chi connectivity index (χ3n) is 3.09. The number of rotatable bonds is 5. The molecular weight excluding hydrogens is 422 g/mol. The lowest BCUT2D eigenvalue weighted by Crippen LogP contribution is -2.34. The van der Waals surface area contributed by atoms with Gasteiger partial charge in [0, 0.05) is 22.3 Å². The minimum atomic E-state index is -0.510. The van der Waals surface area contributed by atoms with E-state index in [1.807, 2.05) is 13.8 Å². The molecule has 0 fully saturated rings. The number of hydrogen-bond donors (Lipinski definition) is 2. The van der Waals surface area contributed by atoms with Crippen molar-refractivity contribution in [2.24, 2.45) is 0 Å². The molecule has 0 aromatic heterocycles. The van der Waals surface area contributed by atoms with Gasteiger partial charge in [-0.05, 0) is 50.3 Å². The maximum Gasteiger partial charge on any atom is 0.271 e. The predicted octanol–water partition coefficient (Wildman–Crippen LogP) is 4.27. The van der Waals surface area contributed by atoms with E-state index in [-0.39, 0.29) is 16.9 Å². The Labute approximate surface area is 164 Å². The number of nitrogens with one attached hydrogen (secondary N) is 2. The molecule has 136 valence electrons. The summed E-state index contributed by atoms with van der Waals surface area (Å²) in [6.45, 7) is 3.72. The summed E-state index contributed by atoms with van der Waals surface area (Å²) in [5.74, 6) is -0.0243. The van der Waals surface area contributed by atoms with Crippen LogP contribution in [0.2, 0.25) is 0 Å². The molecule has 0 spiro atoms. The molecule has 0 aliphatic rings. The van der Waals surface area contributed by atoms with Crippen molar-refractivity contribution in [2.45, 2.75) is 20.0 Å². The Morgan fingerprint density at radius 3 is 2.65 bits per heavy atom. The number of nitro groups is 1. The second kappa shape index (κ2) is 8.72. The van der Waals surface area contributed by atoms with Gasteiger partial charge in [-0.1, -0.05) is 22.0 Å². The number of non-ortho nitro benzene ring substituents is 1. The van der Waals surface area contributed by atoms with Crippen LogP contribution in [-0.4, -0.2) is 22.0 Å². The topological polar surface area (TPSA) is 93.5 Å². The van der Waals surface area contributed by atoms with Gasteiger partial charge >= 0.3 is 0 Å². The zero-order valence-corrected chi connectivity index (χ0v) is 16.4. The van der Waals surface area contributed by atoms with E-state index < -0.39 is 10.8 Å². The van der Waals surface area contributed by atoms with E-state index in [9.17, 15) is 14.9 Å². The molecule has 1 amide bonds. The number of anilines is 1. The molecule has 0 aliphatic heterocycles. The summed E-state index contributed by atoms with van der Waals surface area (Å²) in [4.78, 5) is 22.8. The Morgan fingerprint density at radius 1 is 1.27 bits per heavy atom. The van der Waals surface area contributed by atoms with Crippen molar-refractivity contribution in [1.29, 1.82) is 0 Å². The zero-order valence-electron chi connectivity index (χ0n) is 14.0. The van der Waals surface area contributed by atoms with Crippen molar-refractivity contribution in [1.82, 2.24) is 5.32 Å². The Morgan fingerprint density at radius 2 is 2.00 bits per heavy atom. The van der Waals surface area contributed by atoms with Gasteiger partial charge in [0.15, 0.2) is 5.11 Å². The second-order valence-electron chi connectivity index (χ2n) is 5.52. The Kier molecular flexibility index (Phi) is 6.64. The fraction of sp³-hybridized carbons (Fsp3) is 0.176. The van der Waals surface area contributed by atoms with Gasteiger partial charge in [0.05, 0.1) is 16.6 Å². The van der Waals surface area contributed by atoms with Gasteiger partial charge in [0.2, 0.25) is 0 Å². The number of thiocarbonyl (C=S) groups is 1. The van der Waals surface area contributed by atoms with Gasteiger partial charge < -0.3 is 10.1 Å². The monoisotopic (exact) mass is 437 g/mol. The van der Waals surface area contributed by atoms with E-state index >= 15 is 0 Å². The summed E-state index contributed by atoms with van der Waals surface area (Å²) < 4.78 is 6.36. The highest BCUT2D eigenvalue weighted by molar-refractivity contribution is 9.10. The molecule has 0 aliphatic carbocycles. The standard InChI is InChI=1S/C17H16BrN3O4S/c1-10(2)25-15-7-6-11(18)8-14(15)16(22)20-17(26)19-12-4-3-5-13(9-12)21(23)24/h3-10H,1-2H3,(H2,19,20,22,26). The van der Waals surface area contributed by atoms with Crippen molar-refractivity contribution in [3.05, 3.63) is 62.6 Å². The van der Waals surface area contributed by atoms with Gasteiger partial charge in [-0.25, -0.2) is 0 Å². The summed E-state index contributed by atoms with van der Waals surface area (Å²) in [5, 5.41) is 16.1. The Balaban J connectivity index is 2.12. The van der Waals surface area contributed by atoms with Crippen molar-refractivity contribution in [2.75, 3.05) is 5.32 Å². The van der Waals surface area contributed by atoms with Crippen molar-refractivity contribution < 1.29 is 14.5 Å². The van der Waals surface area contributed by atoms with E-state index in [1.54, 1.807) is 24.3 Å². The van der Waals surface area contributed by atoms with Crippen LogP contribution in [0.25, 0.3) is 0 Å². The van der Waals surface area contributed by atoms with E-state index in [1.165, 1.54) is 18.2 Å². The van der Waals surface area contributed by atoms with E-state index in [0.29, 0.717) is 17.0 Å². The van der Waals surface area contributed by atoms with Crippen LogP contribution in [0.3, 0.4) is 0 Å². The van der Waals surface area contributed by atoms with Gasteiger partial charge in [-0.3, -0.25) is 20.2 Å². The SMILES string of the molecule is CC(C)Oc1ccc(Br)cc1C(=O)NC(=S)Nc1cccc([N+](=O)[O-])c1. The number of hydrogen-bond acceptors (Lipinski definition) is 5. The number of halogens is 1. The van der Waals surface area contributed by atoms with Gasteiger partial charge in [0.25, 0.3) is 11.6 Å². The van der Waals surface area contributed by atoms with Crippen LogP contribution in [0, 0.1) is 10.1 Å². The molecule has 0 unspecified atom stereocenters. The van der Waals surface area contributed by atoms with E-state index in [2.05, 4.69) is 26.6 Å². The van der Waals surface area contributed by atoms with Crippen LogP contribution >= 0.6 is 28.1 Å². The highest BCUT2D eigenvalue weighted by Crippen LogP contribution is 2.24. The van der Waals surface area contributed by atoms with Gasteiger partial charge in [-0.2, -0.15) is 0 Å². The molecule has 2 N–H and O–H groups in total. The molecule has 0 saturated carbocycles. The summed E-state index contributed by atoms with van der Waals surface area (Å²) >= 11 is 8.44. The van der Waals surface area contributed by atoms with Crippen LogP contribution < -0.4 is 15.4 Å². The normalized spacial score (nSPS) is 10.3. The second-order valence-corrected chi connectivity index (χ2v) is 6.85. The summed E-state index contributed by atoms with van der Waals surface area (Å²) in [6.07, 6.45) is -0.0994. The van der Waals surface area contributed by atoms with E-state index in [0.717, 1.165) is 4.47 Å². The third-order valence-corrected chi connectivity index (χ3v) is 3.79. The molecule has 26 heavy (non-hydrogen) atoms. The van der Waals surface area contributed by atoms with Crippen LogP contribution in [0.15, 0.2) is 46.9 Å². The summed E-state index contributed by atoms with van der Waals surface area (Å²) in [6, 6.07) is 10.9. The quantitative estimate of drug-likeness (QED) is 0.412. The first kappa shape index (κ1) is 19.8. The smallest absolute Gasteiger partial charge is 0.271 e. The molecule has 0 bridgehead atoms. The molecule has 2 aromatic rings. The van der Waals surface area contributed by atoms with Crippen LogP contribution in [0.4, 0.5) is 11.4 Å². The maximum absolute atomic E-state index is 12.5. The lowest BCUT2D eigenvalue weighted by atomic mass is 10.2. The first-order valence-electron chi connectivity index (χ1n) is 7.59. The minimum absolute atomic E-state index is 0.0194. The number of nitro benzene ring substituents is 1. The van der Waals surface area contributed by atoms with Crippen molar-refractivity contribution in [3.8, 4) is 5.75 Å². The predicted molar refractivity (Wildman–Crippen MR) is 107 cm³/mol. The molecular formula is C17H16BrN3O4S. The third kappa shape index (κ3) is 5.50. The van der Waals surface area contributed by atoms with Crippen LogP contribution in [-0.2, 0) is 0 Å². The van der Waals surface area contributed by atoms with Gasteiger partial charge in [0.1, 0.15) is 5.75 Å². The molecule has 2 aromatic carbocycles. The maximum atomic E-state index is 12.5. The zero-order chi connectivity index (χ0) is 19.3. The Bertz CT molecular complexity index is 858. The van der Waals surface area contributed by atoms with E-state index in [4.69, 9.17) is 17.0 Å². The number of ether oxygens (including phenoxy) is 1. The van der Waals surface area contributed by atoms with Gasteiger partial charge in [-0.15, -0.1) is 0 Å². The Hall–Kier alpha value is -2.52.